The fraction of sp³-hybridized carbons (Fsp3) is 0.226. The summed E-state index contributed by atoms with van der Waals surface area (Å²) >= 11 is 0. The zero-order chi connectivity index (χ0) is 25.6. The van der Waals surface area contributed by atoms with Crippen LogP contribution >= 0.6 is 0 Å². The first kappa shape index (κ1) is 24.4. The van der Waals surface area contributed by atoms with E-state index in [-0.39, 0.29) is 6.04 Å². The summed E-state index contributed by atoms with van der Waals surface area (Å²) in [5, 5.41) is 18.9. The van der Waals surface area contributed by atoms with Crippen LogP contribution in [0.25, 0.3) is 10.9 Å². The fourth-order valence-corrected chi connectivity index (χ4v) is 4.56. The number of aromatic nitrogens is 4. The molecule has 5 aromatic rings. The number of benzene rings is 3. The van der Waals surface area contributed by atoms with Crippen LogP contribution in [0.15, 0.2) is 91.3 Å². The lowest BCUT2D eigenvalue weighted by Gasteiger charge is -2.29. The van der Waals surface area contributed by atoms with E-state index in [9.17, 15) is 0 Å². The minimum atomic E-state index is 0.260. The SMILES string of the molecule is Cc1ccc(CC(C)N(Cc2ccc3ccccc3n2)Cc2nncn2Cc2ccc(C#N)cc2)cc1. The van der Waals surface area contributed by atoms with Gasteiger partial charge < -0.3 is 4.57 Å². The Kier molecular flexibility index (Phi) is 7.34. The molecule has 0 amide bonds. The lowest BCUT2D eigenvalue weighted by molar-refractivity contribution is 0.180. The summed E-state index contributed by atoms with van der Waals surface area (Å²) in [7, 11) is 0. The molecule has 5 rings (SSSR count). The smallest absolute Gasteiger partial charge is 0.147 e. The van der Waals surface area contributed by atoms with E-state index in [2.05, 4.69) is 88.1 Å². The van der Waals surface area contributed by atoms with Crippen molar-refractivity contribution < 1.29 is 0 Å². The van der Waals surface area contributed by atoms with Gasteiger partial charge in [0.2, 0.25) is 0 Å². The second-order valence-electron chi connectivity index (χ2n) is 9.62. The molecule has 0 aliphatic rings. The summed E-state index contributed by atoms with van der Waals surface area (Å²) in [6.07, 6.45) is 2.71. The van der Waals surface area contributed by atoms with Crippen molar-refractivity contribution in [1.29, 1.82) is 5.26 Å². The Morgan fingerprint density at radius 3 is 2.43 bits per heavy atom. The number of hydrogen-bond acceptors (Lipinski definition) is 5. The molecule has 1 unspecified atom stereocenters. The molecule has 2 heterocycles. The lowest BCUT2D eigenvalue weighted by atomic mass is 10.0. The van der Waals surface area contributed by atoms with Gasteiger partial charge in [-0.1, -0.05) is 66.2 Å². The number of fused-ring (bicyclic) bond motifs is 1. The summed E-state index contributed by atoms with van der Waals surface area (Å²) in [5.41, 5.74) is 6.39. The topological polar surface area (TPSA) is 70.6 Å². The number of aryl methyl sites for hydroxylation is 1. The first-order valence-electron chi connectivity index (χ1n) is 12.6. The summed E-state index contributed by atoms with van der Waals surface area (Å²) in [6, 6.07) is 31.4. The van der Waals surface area contributed by atoms with Crippen molar-refractivity contribution >= 4 is 10.9 Å². The van der Waals surface area contributed by atoms with Gasteiger partial charge in [-0.2, -0.15) is 5.26 Å². The molecule has 0 saturated heterocycles. The first-order chi connectivity index (χ1) is 18.1. The normalized spacial score (nSPS) is 12.1. The third-order valence-electron chi connectivity index (χ3n) is 6.77. The van der Waals surface area contributed by atoms with Crippen molar-refractivity contribution in [3.63, 3.8) is 0 Å². The molecule has 0 aliphatic carbocycles. The van der Waals surface area contributed by atoms with Crippen LogP contribution in [-0.4, -0.2) is 30.7 Å². The van der Waals surface area contributed by atoms with Gasteiger partial charge in [0, 0.05) is 18.0 Å². The van der Waals surface area contributed by atoms with Crippen LogP contribution in [0.1, 0.15) is 40.7 Å². The molecule has 0 radical (unpaired) electrons. The zero-order valence-electron chi connectivity index (χ0n) is 21.2. The molecule has 37 heavy (non-hydrogen) atoms. The first-order valence-corrected chi connectivity index (χ1v) is 12.6. The van der Waals surface area contributed by atoms with Crippen molar-refractivity contribution in [2.75, 3.05) is 0 Å². The number of rotatable bonds is 9. The van der Waals surface area contributed by atoms with E-state index in [1.165, 1.54) is 11.1 Å². The standard InChI is InChI=1S/C31H30N6/c1-23-7-9-25(10-8-23)17-24(2)36(20-29-16-15-28-5-3-4-6-30(28)34-29)21-31-35-33-22-37(31)19-27-13-11-26(18-32)12-14-27/h3-16,22,24H,17,19-21H2,1-2H3. The van der Waals surface area contributed by atoms with E-state index in [1.807, 2.05) is 36.4 Å². The predicted molar refractivity (Wildman–Crippen MR) is 146 cm³/mol. The molecule has 0 aliphatic heterocycles. The summed E-state index contributed by atoms with van der Waals surface area (Å²) < 4.78 is 2.08. The highest BCUT2D eigenvalue weighted by molar-refractivity contribution is 5.78. The van der Waals surface area contributed by atoms with Crippen molar-refractivity contribution in [2.24, 2.45) is 0 Å². The Bertz CT molecular complexity index is 1510. The zero-order valence-corrected chi connectivity index (χ0v) is 21.2. The molecule has 2 aromatic heterocycles. The van der Waals surface area contributed by atoms with Crippen LogP contribution in [0.4, 0.5) is 0 Å². The Morgan fingerprint density at radius 1 is 0.892 bits per heavy atom. The molecule has 0 fully saturated rings. The second kappa shape index (κ2) is 11.2. The van der Waals surface area contributed by atoms with Gasteiger partial charge >= 0.3 is 0 Å². The van der Waals surface area contributed by atoms with Crippen molar-refractivity contribution in [3.8, 4) is 6.07 Å². The molecule has 0 bridgehead atoms. The van der Waals surface area contributed by atoms with Gasteiger partial charge in [-0.25, -0.2) is 0 Å². The molecule has 0 spiro atoms. The highest BCUT2D eigenvalue weighted by Crippen LogP contribution is 2.19. The predicted octanol–water partition coefficient (Wildman–Crippen LogP) is 5.69. The quantitative estimate of drug-likeness (QED) is 0.268. The number of pyridine rings is 1. The Labute approximate surface area is 217 Å². The van der Waals surface area contributed by atoms with Gasteiger partial charge in [0.1, 0.15) is 12.2 Å². The fourth-order valence-electron chi connectivity index (χ4n) is 4.56. The third-order valence-corrected chi connectivity index (χ3v) is 6.77. The molecule has 3 aromatic carbocycles. The van der Waals surface area contributed by atoms with Gasteiger partial charge in [-0.05, 0) is 55.7 Å². The van der Waals surface area contributed by atoms with Crippen LogP contribution in [0.2, 0.25) is 0 Å². The van der Waals surface area contributed by atoms with E-state index in [4.69, 9.17) is 10.2 Å². The number of para-hydroxylation sites is 1. The van der Waals surface area contributed by atoms with E-state index in [1.54, 1.807) is 6.33 Å². The van der Waals surface area contributed by atoms with Gasteiger partial charge in [0.25, 0.3) is 0 Å². The van der Waals surface area contributed by atoms with E-state index in [0.29, 0.717) is 25.2 Å². The second-order valence-corrected chi connectivity index (χ2v) is 9.62. The van der Waals surface area contributed by atoms with Gasteiger partial charge in [-0.15, -0.1) is 10.2 Å². The maximum atomic E-state index is 9.09. The van der Waals surface area contributed by atoms with E-state index >= 15 is 0 Å². The molecule has 1 atom stereocenters. The van der Waals surface area contributed by atoms with Gasteiger partial charge in [0.05, 0.1) is 35.9 Å². The van der Waals surface area contributed by atoms with Crippen LogP contribution in [-0.2, 0) is 26.1 Å². The minimum Gasteiger partial charge on any atom is -0.312 e. The molecular weight excluding hydrogens is 456 g/mol. The molecular formula is C31H30N6. The Balaban J connectivity index is 1.39. The highest BCUT2D eigenvalue weighted by Gasteiger charge is 2.19. The summed E-state index contributed by atoms with van der Waals surface area (Å²) in [6.45, 7) is 6.40. The highest BCUT2D eigenvalue weighted by atomic mass is 15.3. The van der Waals surface area contributed by atoms with Crippen molar-refractivity contribution in [2.45, 2.75) is 45.9 Å². The van der Waals surface area contributed by atoms with Crippen LogP contribution < -0.4 is 0 Å². The lowest BCUT2D eigenvalue weighted by Crippen LogP contribution is -2.35. The van der Waals surface area contributed by atoms with E-state index in [0.717, 1.165) is 34.4 Å². The monoisotopic (exact) mass is 486 g/mol. The number of nitriles is 1. The molecule has 0 N–H and O–H groups in total. The number of nitrogens with zero attached hydrogens (tertiary/aromatic N) is 6. The van der Waals surface area contributed by atoms with Crippen molar-refractivity contribution in [1.82, 2.24) is 24.6 Å². The molecule has 6 nitrogen and oxygen atoms in total. The van der Waals surface area contributed by atoms with Gasteiger partial charge in [0.15, 0.2) is 0 Å². The maximum Gasteiger partial charge on any atom is 0.147 e. The molecule has 0 saturated carbocycles. The van der Waals surface area contributed by atoms with Crippen LogP contribution in [0, 0.1) is 18.3 Å². The summed E-state index contributed by atoms with van der Waals surface area (Å²) in [4.78, 5) is 7.37. The Hall–Kier alpha value is -4.34. The molecule has 184 valence electrons. The molecule has 6 heteroatoms. The van der Waals surface area contributed by atoms with Crippen molar-refractivity contribution in [3.05, 3.63) is 125 Å². The summed E-state index contributed by atoms with van der Waals surface area (Å²) in [5.74, 6) is 0.904. The number of hydrogen-bond donors (Lipinski definition) is 0. The maximum absolute atomic E-state index is 9.09. The van der Waals surface area contributed by atoms with E-state index < -0.39 is 0 Å². The average Bonchev–Trinajstić information content (AvgIpc) is 3.36. The Morgan fingerprint density at radius 2 is 1.65 bits per heavy atom. The van der Waals surface area contributed by atoms with Crippen LogP contribution in [0.5, 0.6) is 0 Å². The largest absolute Gasteiger partial charge is 0.312 e. The average molecular weight is 487 g/mol. The van der Waals surface area contributed by atoms with Gasteiger partial charge in [-0.3, -0.25) is 9.88 Å². The van der Waals surface area contributed by atoms with Crippen LogP contribution in [0.3, 0.4) is 0 Å². The third kappa shape index (κ3) is 6.08. The minimum absolute atomic E-state index is 0.260.